The van der Waals surface area contributed by atoms with Crippen LogP contribution in [0, 0.1) is 23.7 Å². The Hall–Kier alpha value is -0.570. The van der Waals surface area contributed by atoms with Crippen LogP contribution in [0.5, 0.6) is 0 Å². The van der Waals surface area contributed by atoms with E-state index in [2.05, 4.69) is 24.1 Å². The Balaban J connectivity index is 1.43. The van der Waals surface area contributed by atoms with Gasteiger partial charge in [-0.2, -0.15) is 0 Å². The third kappa shape index (κ3) is 3.36. The molecule has 3 fully saturated rings. The molecule has 0 heterocycles. The zero-order valence-electron chi connectivity index (χ0n) is 13.1. The summed E-state index contributed by atoms with van der Waals surface area (Å²) in [5.41, 5.74) is 0. The minimum Gasteiger partial charge on any atom is -0.352 e. The Morgan fingerprint density at radius 1 is 1.25 bits per heavy atom. The lowest BCUT2D eigenvalue weighted by Crippen LogP contribution is -2.45. The molecule has 0 aromatic carbocycles. The first-order valence-electron chi connectivity index (χ1n) is 8.67. The summed E-state index contributed by atoms with van der Waals surface area (Å²) in [6, 6.07) is 0.373. The average molecular weight is 278 g/mol. The molecule has 4 unspecified atom stereocenters. The number of likely N-dealkylation sites (N-methyl/N-ethyl adjacent to an activating group) is 1. The first-order valence-corrected chi connectivity index (χ1v) is 8.67. The van der Waals surface area contributed by atoms with Gasteiger partial charge in [-0.1, -0.05) is 13.3 Å². The van der Waals surface area contributed by atoms with Gasteiger partial charge in [-0.25, -0.2) is 0 Å². The van der Waals surface area contributed by atoms with Crippen LogP contribution >= 0.6 is 0 Å². The van der Waals surface area contributed by atoms with Gasteiger partial charge in [0.15, 0.2) is 0 Å². The summed E-state index contributed by atoms with van der Waals surface area (Å²) in [6.45, 7) is 7.09. The molecule has 3 saturated carbocycles. The molecule has 3 rings (SSSR count). The zero-order valence-corrected chi connectivity index (χ0v) is 13.1. The smallest absolute Gasteiger partial charge is 0.234 e. The minimum atomic E-state index is 0.239. The summed E-state index contributed by atoms with van der Waals surface area (Å²) in [5, 5.41) is 3.28. The second kappa shape index (κ2) is 6.05. The van der Waals surface area contributed by atoms with Crippen LogP contribution in [0.15, 0.2) is 0 Å². The highest BCUT2D eigenvalue weighted by atomic mass is 16.2. The average Bonchev–Trinajstić information content (AvgIpc) is 2.99. The molecule has 0 saturated heterocycles. The van der Waals surface area contributed by atoms with Crippen molar-refractivity contribution in [1.29, 1.82) is 0 Å². The molecular weight excluding hydrogens is 248 g/mol. The molecule has 3 aliphatic carbocycles. The van der Waals surface area contributed by atoms with E-state index in [0.717, 1.165) is 36.8 Å². The van der Waals surface area contributed by atoms with E-state index in [1.54, 1.807) is 0 Å². The van der Waals surface area contributed by atoms with Gasteiger partial charge in [0.2, 0.25) is 5.91 Å². The monoisotopic (exact) mass is 278 g/mol. The van der Waals surface area contributed by atoms with Crippen molar-refractivity contribution in [2.45, 2.75) is 58.4 Å². The lowest BCUT2D eigenvalue weighted by molar-refractivity contribution is -0.123. The summed E-state index contributed by atoms with van der Waals surface area (Å²) in [7, 11) is 0. The normalized spacial score (nSPS) is 33.6. The molecule has 2 bridgehead atoms. The van der Waals surface area contributed by atoms with Crippen LogP contribution in [-0.4, -0.2) is 36.5 Å². The number of carbonyl (C=O) groups is 1. The molecule has 3 heteroatoms. The van der Waals surface area contributed by atoms with Gasteiger partial charge in [-0.15, -0.1) is 0 Å². The molecule has 4 atom stereocenters. The first kappa shape index (κ1) is 14.4. The summed E-state index contributed by atoms with van der Waals surface area (Å²) in [4.78, 5) is 14.5. The maximum absolute atomic E-state index is 12.2. The Bertz CT molecular complexity index is 353. The largest absolute Gasteiger partial charge is 0.352 e. The molecule has 1 amide bonds. The van der Waals surface area contributed by atoms with Crippen molar-refractivity contribution in [2.24, 2.45) is 23.7 Å². The molecule has 1 N–H and O–H groups in total. The van der Waals surface area contributed by atoms with Gasteiger partial charge in [0.05, 0.1) is 6.54 Å². The fourth-order valence-electron chi connectivity index (χ4n) is 4.49. The number of rotatable bonds is 7. The molecule has 0 radical (unpaired) electrons. The second-order valence-corrected chi connectivity index (χ2v) is 7.47. The van der Waals surface area contributed by atoms with Gasteiger partial charge < -0.3 is 5.32 Å². The van der Waals surface area contributed by atoms with Crippen molar-refractivity contribution in [1.82, 2.24) is 10.2 Å². The molecule has 3 nitrogen and oxygen atoms in total. The number of nitrogens with zero attached hydrogens (tertiary/aromatic N) is 1. The van der Waals surface area contributed by atoms with Gasteiger partial charge in [0.25, 0.3) is 0 Å². The van der Waals surface area contributed by atoms with E-state index in [9.17, 15) is 4.79 Å². The number of fused-ring (bicyclic) bond motifs is 2. The quantitative estimate of drug-likeness (QED) is 0.776. The highest BCUT2D eigenvalue weighted by Gasteiger charge is 2.42. The lowest BCUT2D eigenvalue weighted by atomic mass is 9.84. The Kier molecular flexibility index (Phi) is 4.34. The fourth-order valence-corrected chi connectivity index (χ4v) is 4.49. The van der Waals surface area contributed by atoms with E-state index in [0.29, 0.717) is 12.6 Å². The third-order valence-corrected chi connectivity index (χ3v) is 5.85. The molecule has 0 aromatic heterocycles. The summed E-state index contributed by atoms with van der Waals surface area (Å²) < 4.78 is 0. The van der Waals surface area contributed by atoms with E-state index < -0.39 is 0 Å². The van der Waals surface area contributed by atoms with Crippen LogP contribution in [0.4, 0.5) is 0 Å². The molecule has 114 valence electrons. The van der Waals surface area contributed by atoms with E-state index in [1.165, 1.54) is 38.5 Å². The predicted molar refractivity (Wildman–Crippen MR) is 81.4 cm³/mol. The van der Waals surface area contributed by atoms with Crippen molar-refractivity contribution in [3.63, 3.8) is 0 Å². The molecule has 0 aliphatic heterocycles. The molecule has 0 spiro atoms. The predicted octanol–water partition coefficient (Wildman–Crippen LogP) is 2.66. The van der Waals surface area contributed by atoms with Gasteiger partial charge in [-0.05, 0) is 69.2 Å². The molecular formula is C17H30N2O. The third-order valence-electron chi connectivity index (χ3n) is 5.85. The summed E-state index contributed by atoms with van der Waals surface area (Å²) in [5.74, 6) is 3.71. The Labute approximate surface area is 123 Å². The van der Waals surface area contributed by atoms with Crippen LogP contribution in [0.25, 0.3) is 0 Å². The fraction of sp³-hybridized carbons (Fsp3) is 0.941. The van der Waals surface area contributed by atoms with Gasteiger partial charge in [-0.3, -0.25) is 9.69 Å². The van der Waals surface area contributed by atoms with Gasteiger partial charge in [0.1, 0.15) is 0 Å². The highest BCUT2D eigenvalue weighted by molar-refractivity contribution is 5.78. The van der Waals surface area contributed by atoms with E-state index in [1.807, 2.05) is 0 Å². The molecule has 20 heavy (non-hydrogen) atoms. The van der Waals surface area contributed by atoms with Crippen LogP contribution < -0.4 is 5.32 Å². The Morgan fingerprint density at radius 3 is 2.60 bits per heavy atom. The van der Waals surface area contributed by atoms with E-state index in [-0.39, 0.29) is 5.91 Å². The maximum atomic E-state index is 12.2. The lowest BCUT2D eigenvalue weighted by Gasteiger charge is -2.29. The van der Waals surface area contributed by atoms with Crippen molar-refractivity contribution < 1.29 is 4.79 Å². The topological polar surface area (TPSA) is 32.3 Å². The molecule has 3 aliphatic rings. The number of amides is 1. The zero-order chi connectivity index (χ0) is 14.1. The molecule has 0 aromatic rings. The van der Waals surface area contributed by atoms with Crippen LogP contribution in [0.2, 0.25) is 0 Å². The van der Waals surface area contributed by atoms with Crippen molar-refractivity contribution in [3.8, 4) is 0 Å². The maximum Gasteiger partial charge on any atom is 0.234 e. The van der Waals surface area contributed by atoms with Crippen molar-refractivity contribution in [2.75, 3.05) is 19.6 Å². The summed E-state index contributed by atoms with van der Waals surface area (Å²) >= 11 is 0. The summed E-state index contributed by atoms with van der Waals surface area (Å²) in [6.07, 6.45) is 8.34. The number of nitrogens with one attached hydrogen (secondary N) is 1. The van der Waals surface area contributed by atoms with Crippen LogP contribution in [0.3, 0.4) is 0 Å². The van der Waals surface area contributed by atoms with Gasteiger partial charge in [0, 0.05) is 12.6 Å². The number of hydrogen-bond acceptors (Lipinski definition) is 2. The number of hydrogen-bond donors (Lipinski definition) is 1. The van der Waals surface area contributed by atoms with Crippen LogP contribution in [0.1, 0.15) is 52.4 Å². The number of carbonyl (C=O) groups excluding carboxylic acids is 1. The first-order chi connectivity index (χ1) is 9.65. The van der Waals surface area contributed by atoms with E-state index in [4.69, 9.17) is 0 Å². The second-order valence-electron chi connectivity index (χ2n) is 7.47. The van der Waals surface area contributed by atoms with Gasteiger partial charge >= 0.3 is 0 Å². The highest BCUT2D eigenvalue weighted by Crippen LogP contribution is 2.49. The van der Waals surface area contributed by atoms with E-state index >= 15 is 0 Å². The van der Waals surface area contributed by atoms with Crippen LogP contribution in [-0.2, 0) is 4.79 Å². The van der Waals surface area contributed by atoms with Crippen molar-refractivity contribution >= 4 is 5.91 Å². The minimum absolute atomic E-state index is 0.239. The standard InChI is InChI=1S/C17H30N2O/c1-3-19(10-13-4-5-13)11-17(20)18-12(2)16-9-14-6-7-15(16)8-14/h12-16H,3-11H2,1-2H3,(H,18,20). The van der Waals surface area contributed by atoms with Crippen molar-refractivity contribution in [3.05, 3.63) is 0 Å². The SMILES string of the molecule is CCN(CC(=O)NC(C)C1CC2CCC1C2)CC1CC1. The Morgan fingerprint density at radius 2 is 2.05 bits per heavy atom.